The van der Waals surface area contributed by atoms with Gasteiger partial charge < -0.3 is 19.7 Å². The number of likely N-dealkylation sites (tertiary alicyclic amines) is 1. The van der Waals surface area contributed by atoms with Crippen LogP contribution in [0.15, 0.2) is 36.0 Å². The number of nitrogens with zero attached hydrogens (tertiary/aromatic N) is 1. The minimum atomic E-state index is -1.22. The Kier molecular flexibility index (Phi) is 5.08. The Bertz CT molecular complexity index is 651. The molecule has 6 heteroatoms. The van der Waals surface area contributed by atoms with E-state index >= 15 is 0 Å². The maximum absolute atomic E-state index is 11.9. The number of carbonyl (C=O) groups excluding carboxylic acids is 2. The van der Waals surface area contributed by atoms with E-state index in [1.165, 1.54) is 51.5 Å². The lowest BCUT2D eigenvalue weighted by atomic mass is 10.1. The third-order valence-corrected chi connectivity index (χ3v) is 4.37. The van der Waals surface area contributed by atoms with Crippen LogP contribution in [0.3, 0.4) is 0 Å². The van der Waals surface area contributed by atoms with Crippen LogP contribution in [0.25, 0.3) is 0 Å². The number of ether oxygens (including phenoxy) is 2. The highest BCUT2D eigenvalue weighted by Gasteiger charge is 2.38. The molecule has 1 aromatic carbocycles. The van der Waals surface area contributed by atoms with Gasteiger partial charge in [0.1, 0.15) is 0 Å². The molecule has 25 heavy (non-hydrogen) atoms. The smallest absolute Gasteiger partial charge is 0.350 e. The number of hydrogen-bond acceptors (Lipinski definition) is 6. The van der Waals surface area contributed by atoms with E-state index < -0.39 is 17.7 Å². The second kappa shape index (κ2) is 7.27. The molecule has 2 aliphatic rings. The summed E-state index contributed by atoms with van der Waals surface area (Å²) in [6, 6.07) is 7.97. The van der Waals surface area contributed by atoms with Crippen LogP contribution in [0, 0.1) is 0 Å². The Labute approximate surface area is 147 Å². The molecule has 0 radical (unpaired) electrons. The lowest BCUT2D eigenvalue weighted by molar-refractivity contribution is -0.222. The summed E-state index contributed by atoms with van der Waals surface area (Å²) in [4.78, 5) is 26.2. The molecule has 0 aromatic heterocycles. The summed E-state index contributed by atoms with van der Waals surface area (Å²) in [6.07, 6.45) is 4.97. The van der Waals surface area contributed by atoms with Gasteiger partial charge in [-0.05, 0) is 50.0 Å². The minimum absolute atomic E-state index is 0.141. The number of hydrogen-bond donors (Lipinski definition) is 1. The standard InChI is InChI=1S/C19H24N2O4/c1-19(2)24-17(22)16(18(23)25-19)13-20-15-7-5-14(6-8-15)9-12-21-10-3-4-11-21/h5-8,13,20H,3-4,9-12H2,1-2H3. The van der Waals surface area contributed by atoms with Crippen molar-refractivity contribution in [3.8, 4) is 0 Å². The monoisotopic (exact) mass is 344 g/mol. The summed E-state index contributed by atoms with van der Waals surface area (Å²) in [7, 11) is 0. The van der Waals surface area contributed by atoms with Crippen molar-refractivity contribution in [3.05, 3.63) is 41.6 Å². The Morgan fingerprint density at radius 2 is 1.68 bits per heavy atom. The molecule has 1 N–H and O–H groups in total. The zero-order chi connectivity index (χ0) is 17.9. The Morgan fingerprint density at radius 1 is 1.08 bits per heavy atom. The largest absolute Gasteiger partial charge is 0.419 e. The molecule has 2 heterocycles. The summed E-state index contributed by atoms with van der Waals surface area (Å²) in [5.41, 5.74) is 1.92. The van der Waals surface area contributed by atoms with Gasteiger partial charge in [-0.2, -0.15) is 0 Å². The minimum Gasteiger partial charge on any atom is -0.419 e. The van der Waals surface area contributed by atoms with Crippen molar-refractivity contribution >= 4 is 17.6 Å². The van der Waals surface area contributed by atoms with Gasteiger partial charge in [-0.3, -0.25) is 0 Å². The SMILES string of the molecule is CC1(C)OC(=O)C(=CNc2ccc(CCN3CCCC3)cc2)C(=O)O1. The van der Waals surface area contributed by atoms with Crippen molar-refractivity contribution in [1.29, 1.82) is 0 Å². The predicted octanol–water partition coefficient (Wildman–Crippen LogP) is 2.46. The first-order valence-corrected chi connectivity index (χ1v) is 8.68. The molecule has 6 nitrogen and oxygen atoms in total. The topological polar surface area (TPSA) is 67.9 Å². The number of rotatable bonds is 5. The third-order valence-electron chi connectivity index (χ3n) is 4.37. The summed E-state index contributed by atoms with van der Waals surface area (Å²) in [6.45, 7) is 6.54. The van der Waals surface area contributed by atoms with Crippen LogP contribution >= 0.6 is 0 Å². The van der Waals surface area contributed by atoms with E-state index in [4.69, 9.17) is 9.47 Å². The van der Waals surface area contributed by atoms with E-state index in [-0.39, 0.29) is 5.57 Å². The van der Waals surface area contributed by atoms with Crippen LogP contribution < -0.4 is 5.32 Å². The number of cyclic esters (lactones) is 2. The lowest BCUT2D eigenvalue weighted by Crippen LogP contribution is -2.42. The molecular formula is C19H24N2O4. The average Bonchev–Trinajstić information content (AvgIpc) is 3.05. The van der Waals surface area contributed by atoms with Gasteiger partial charge in [0.05, 0.1) is 0 Å². The van der Waals surface area contributed by atoms with Gasteiger partial charge in [0, 0.05) is 32.3 Å². The van der Waals surface area contributed by atoms with E-state index in [9.17, 15) is 9.59 Å². The second-order valence-electron chi connectivity index (χ2n) is 6.88. The fourth-order valence-electron chi connectivity index (χ4n) is 3.00. The quantitative estimate of drug-likeness (QED) is 0.503. The van der Waals surface area contributed by atoms with Crippen molar-refractivity contribution in [2.75, 3.05) is 25.0 Å². The summed E-state index contributed by atoms with van der Waals surface area (Å²) >= 11 is 0. The predicted molar refractivity (Wildman–Crippen MR) is 93.8 cm³/mol. The molecule has 2 aliphatic heterocycles. The normalized spacial score (nSPS) is 20.2. The molecule has 0 spiro atoms. The van der Waals surface area contributed by atoms with Crippen LogP contribution in [0.2, 0.25) is 0 Å². The third kappa shape index (κ3) is 4.60. The van der Waals surface area contributed by atoms with E-state index in [0.29, 0.717) is 0 Å². The van der Waals surface area contributed by atoms with E-state index in [1.54, 1.807) is 0 Å². The Hall–Kier alpha value is -2.34. The maximum Gasteiger partial charge on any atom is 0.350 e. The molecule has 2 fully saturated rings. The Morgan fingerprint density at radius 3 is 2.28 bits per heavy atom. The fourth-order valence-corrected chi connectivity index (χ4v) is 3.00. The van der Waals surface area contributed by atoms with Crippen molar-refractivity contribution in [3.63, 3.8) is 0 Å². The average molecular weight is 344 g/mol. The molecular weight excluding hydrogens is 320 g/mol. The van der Waals surface area contributed by atoms with Gasteiger partial charge in [-0.1, -0.05) is 12.1 Å². The van der Waals surface area contributed by atoms with Gasteiger partial charge in [-0.25, -0.2) is 9.59 Å². The van der Waals surface area contributed by atoms with Crippen LogP contribution in [0.1, 0.15) is 32.3 Å². The zero-order valence-electron chi connectivity index (χ0n) is 14.7. The first-order valence-electron chi connectivity index (χ1n) is 8.68. The number of benzene rings is 1. The highest BCUT2D eigenvalue weighted by molar-refractivity contribution is 6.15. The second-order valence-corrected chi connectivity index (χ2v) is 6.88. The summed E-state index contributed by atoms with van der Waals surface area (Å²) in [5.74, 6) is -2.59. The van der Waals surface area contributed by atoms with Crippen LogP contribution in [0.4, 0.5) is 5.69 Å². The first kappa shape index (κ1) is 17.5. The fraction of sp³-hybridized carbons (Fsp3) is 0.474. The lowest BCUT2D eigenvalue weighted by Gasteiger charge is -2.29. The molecule has 0 atom stereocenters. The zero-order valence-corrected chi connectivity index (χ0v) is 14.7. The number of nitrogens with one attached hydrogen (secondary N) is 1. The van der Waals surface area contributed by atoms with Crippen LogP contribution in [-0.4, -0.2) is 42.3 Å². The van der Waals surface area contributed by atoms with Crippen molar-refractivity contribution in [2.24, 2.45) is 0 Å². The van der Waals surface area contributed by atoms with Crippen LogP contribution in [-0.2, 0) is 25.5 Å². The van der Waals surface area contributed by atoms with Crippen molar-refractivity contribution < 1.29 is 19.1 Å². The molecule has 0 aliphatic carbocycles. The van der Waals surface area contributed by atoms with Gasteiger partial charge in [0.2, 0.25) is 0 Å². The number of carbonyl (C=O) groups is 2. The molecule has 0 unspecified atom stereocenters. The van der Waals surface area contributed by atoms with Gasteiger partial charge in [0.25, 0.3) is 5.79 Å². The van der Waals surface area contributed by atoms with E-state index in [1.807, 2.05) is 12.1 Å². The van der Waals surface area contributed by atoms with E-state index in [2.05, 4.69) is 22.3 Å². The first-order chi connectivity index (χ1) is 11.9. The van der Waals surface area contributed by atoms with Crippen molar-refractivity contribution in [1.82, 2.24) is 4.90 Å². The maximum atomic E-state index is 11.9. The summed E-state index contributed by atoms with van der Waals surface area (Å²) in [5, 5.41) is 2.95. The van der Waals surface area contributed by atoms with Gasteiger partial charge in [-0.15, -0.1) is 0 Å². The molecule has 2 saturated heterocycles. The highest BCUT2D eigenvalue weighted by Crippen LogP contribution is 2.22. The molecule has 134 valence electrons. The Balaban J connectivity index is 1.56. The van der Waals surface area contributed by atoms with Gasteiger partial charge >= 0.3 is 11.9 Å². The molecule has 0 amide bonds. The van der Waals surface area contributed by atoms with Crippen LogP contribution in [0.5, 0.6) is 0 Å². The molecule has 1 aromatic rings. The highest BCUT2D eigenvalue weighted by atomic mass is 16.7. The molecule has 0 saturated carbocycles. The van der Waals surface area contributed by atoms with E-state index in [0.717, 1.165) is 18.7 Å². The van der Waals surface area contributed by atoms with Gasteiger partial charge in [0.15, 0.2) is 5.57 Å². The van der Waals surface area contributed by atoms with Crippen molar-refractivity contribution in [2.45, 2.75) is 38.9 Å². The number of esters is 2. The molecule has 0 bridgehead atoms. The number of anilines is 1. The summed E-state index contributed by atoms with van der Waals surface area (Å²) < 4.78 is 10.1. The molecule has 3 rings (SSSR count).